The van der Waals surface area contributed by atoms with Gasteiger partial charge in [0.1, 0.15) is 0 Å². The third-order valence-corrected chi connectivity index (χ3v) is 5.20. The van der Waals surface area contributed by atoms with E-state index in [9.17, 15) is 18.0 Å². The van der Waals surface area contributed by atoms with Gasteiger partial charge in [-0.1, -0.05) is 42.5 Å². The van der Waals surface area contributed by atoms with Crippen LogP contribution in [-0.4, -0.2) is 18.6 Å². The maximum absolute atomic E-state index is 12.6. The van der Waals surface area contributed by atoms with Crippen molar-refractivity contribution in [3.05, 3.63) is 71.3 Å². The monoisotopic (exact) mass is 390 g/mol. The molecular formula is C22H25F3N2O. The van der Waals surface area contributed by atoms with Crippen LogP contribution in [0.1, 0.15) is 48.3 Å². The highest BCUT2D eigenvalue weighted by atomic mass is 19.4. The molecular weight excluding hydrogens is 365 g/mol. The van der Waals surface area contributed by atoms with Gasteiger partial charge in [0.2, 0.25) is 0 Å². The zero-order valence-corrected chi connectivity index (χ0v) is 15.6. The highest BCUT2D eigenvalue weighted by Gasteiger charge is 2.33. The second kappa shape index (κ2) is 9.13. The molecule has 6 heteroatoms. The number of hydrogen-bond acceptors (Lipinski definition) is 1. The minimum absolute atomic E-state index is 0.0802. The van der Waals surface area contributed by atoms with Gasteiger partial charge in [0.15, 0.2) is 0 Å². The molecule has 1 aliphatic rings. The predicted octanol–water partition coefficient (Wildman–Crippen LogP) is 5.27. The van der Waals surface area contributed by atoms with Crippen molar-refractivity contribution in [1.82, 2.24) is 10.6 Å². The molecule has 0 heterocycles. The van der Waals surface area contributed by atoms with Crippen LogP contribution < -0.4 is 10.6 Å². The van der Waals surface area contributed by atoms with Gasteiger partial charge in [-0.15, -0.1) is 0 Å². The fourth-order valence-electron chi connectivity index (χ4n) is 3.49. The first-order valence-electron chi connectivity index (χ1n) is 9.67. The summed E-state index contributed by atoms with van der Waals surface area (Å²) in [5.41, 5.74) is 1.57. The fraction of sp³-hybridized carbons (Fsp3) is 0.409. The predicted molar refractivity (Wildman–Crippen MR) is 103 cm³/mol. The Morgan fingerprint density at radius 1 is 0.964 bits per heavy atom. The molecule has 2 N–H and O–H groups in total. The molecule has 2 aromatic rings. The molecule has 1 saturated carbocycles. The summed E-state index contributed by atoms with van der Waals surface area (Å²) >= 11 is 0. The Bertz CT molecular complexity index is 754. The average Bonchev–Trinajstić information content (AvgIpc) is 2.64. The van der Waals surface area contributed by atoms with E-state index < -0.39 is 11.7 Å². The molecule has 3 nitrogen and oxygen atoms in total. The smallest absolute Gasteiger partial charge is 0.338 e. The quantitative estimate of drug-likeness (QED) is 0.621. The van der Waals surface area contributed by atoms with E-state index in [0.29, 0.717) is 6.54 Å². The number of rotatable bonds is 7. The summed E-state index contributed by atoms with van der Waals surface area (Å²) in [7, 11) is 0. The number of benzene rings is 2. The van der Waals surface area contributed by atoms with Crippen molar-refractivity contribution in [2.75, 3.05) is 6.54 Å². The molecule has 0 aromatic heterocycles. The minimum atomic E-state index is -4.30. The first-order valence-corrected chi connectivity index (χ1v) is 9.67. The second-order valence-electron chi connectivity index (χ2n) is 7.33. The molecule has 150 valence electrons. The van der Waals surface area contributed by atoms with Crippen molar-refractivity contribution in [3.63, 3.8) is 0 Å². The Labute approximate surface area is 163 Å². The Hall–Kier alpha value is -2.50. The van der Waals surface area contributed by atoms with Gasteiger partial charge in [0.25, 0.3) is 0 Å². The molecule has 0 spiro atoms. The van der Waals surface area contributed by atoms with Crippen LogP contribution in [0.3, 0.4) is 0 Å². The van der Waals surface area contributed by atoms with Crippen LogP contribution in [0.25, 0.3) is 0 Å². The van der Waals surface area contributed by atoms with Gasteiger partial charge in [-0.25, -0.2) is 4.79 Å². The summed E-state index contributed by atoms with van der Waals surface area (Å²) in [4.78, 5) is 11.9. The van der Waals surface area contributed by atoms with E-state index in [1.807, 2.05) is 18.2 Å². The van der Waals surface area contributed by atoms with E-state index in [2.05, 4.69) is 22.8 Å². The van der Waals surface area contributed by atoms with Crippen molar-refractivity contribution in [1.29, 1.82) is 0 Å². The number of nitrogens with one attached hydrogen (secondary N) is 2. The molecule has 3 rings (SSSR count). The van der Waals surface area contributed by atoms with E-state index in [1.165, 1.54) is 17.7 Å². The molecule has 0 radical (unpaired) electrons. The summed E-state index contributed by atoms with van der Waals surface area (Å²) in [5, 5.41) is 5.80. The average molecular weight is 390 g/mol. The normalized spacial score (nSPS) is 19.0. The van der Waals surface area contributed by atoms with Gasteiger partial charge in [-0.05, 0) is 61.3 Å². The van der Waals surface area contributed by atoms with Crippen LogP contribution in [0.5, 0.6) is 0 Å². The van der Waals surface area contributed by atoms with Crippen molar-refractivity contribution >= 4 is 6.03 Å². The third-order valence-electron chi connectivity index (χ3n) is 5.20. The molecule has 1 fully saturated rings. The summed E-state index contributed by atoms with van der Waals surface area (Å²) in [6, 6.07) is 15.5. The van der Waals surface area contributed by atoms with E-state index in [1.54, 1.807) is 0 Å². The third kappa shape index (κ3) is 5.75. The summed E-state index contributed by atoms with van der Waals surface area (Å²) in [5.74, 6) is 0.207. The number of alkyl halides is 3. The zero-order chi connectivity index (χ0) is 20.0. The molecule has 0 bridgehead atoms. The standard InChI is InChI=1S/C22H25F3N2O/c23-22(24,25)19-11-9-17(10-12-19)18-14-20(15-18)27-21(28)26-13-5-4-8-16-6-2-1-3-7-16/h1-3,6-7,9-12,18,20H,4-5,8,13-15H2,(H2,26,27,28). The second-order valence-corrected chi connectivity index (χ2v) is 7.33. The molecule has 2 aromatic carbocycles. The molecule has 2 amide bonds. The van der Waals surface area contributed by atoms with Gasteiger partial charge in [0, 0.05) is 12.6 Å². The van der Waals surface area contributed by atoms with Crippen molar-refractivity contribution in [3.8, 4) is 0 Å². The number of aryl methyl sites for hydroxylation is 1. The van der Waals surface area contributed by atoms with Crippen LogP contribution in [0, 0.1) is 0 Å². The largest absolute Gasteiger partial charge is 0.416 e. The van der Waals surface area contributed by atoms with Crippen LogP contribution >= 0.6 is 0 Å². The van der Waals surface area contributed by atoms with Crippen LogP contribution in [0.15, 0.2) is 54.6 Å². The maximum Gasteiger partial charge on any atom is 0.416 e. The van der Waals surface area contributed by atoms with Gasteiger partial charge in [0.05, 0.1) is 5.56 Å². The number of carbonyl (C=O) groups excluding carboxylic acids is 1. The fourth-order valence-corrected chi connectivity index (χ4v) is 3.49. The highest BCUT2D eigenvalue weighted by Crippen LogP contribution is 2.38. The van der Waals surface area contributed by atoms with Gasteiger partial charge < -0.3 is 10.6 Å². The number of urea groups is 1. The molecule has 28 heavy (non-hydrogen) atoms. The molecule has 0 saturated heterocycles. The summed E-state index contributed by atoms with van der Waals surface area (Å²) < 4.78 is 37.8. The Morgan fingerprint density at radius 3 is 2.29 bits per heavy atom. The molecule has 1 aliphatic carbocycles. The Kier molecular flexibility index (Phi) is 6.60. The van der Waals surface area contributed by atoms with Crippen LogP contribution in [0.2, 0.25) is 0 Å². The van der Waals surface area contributed by atoms with Gasteiger partial charge in [-0.2, -0.15) is 13.2 Å². The lowest BCUT2D eigenvalue weighted by Crippen LogP contribution is -2.47. The molecule has 0 aliphatic heterocycles. The van der Waals surface area contributed by atoms with Gasteiger partial charge in [-0.3, -0.25) is 0 Å². The molecule has 0 unspecified atom stereocenters. The number of amides is 2. The topological polar surface area (TPSA) is 41.1 Å². The van der Waals surface area contributed by atoms with Gasteiger partial charge >= 0.3 is 12.2 Å². The van der Waals surface area contributed by atoms with E-state index in [0.717, 1.165) is 49.8 Å². The zero-order valence-electron chi connectivity index (χ0n) is 15.6. The molecule has 0 atom stereocenters. The number of hydrogen-bond donors (Lipinski definition) is 2. The SMILES string of the molecule is O=C(NCCCCc1ccccc1)NC1CC(c2ccc(C(F)(F)F)cc2)C1. The Balaban J connectivity index is 1.29. The van der Waals surface area contributed by atoms with Crippen LogP contribution in [-0.2, 0) is 12.6 Å². The van der Waals surface area contributed by atoms with E-state index >= 15 is 0 Å². The lowest BCUT2D eigenvalue weighted by Gasteiger charge is -2.36. The maximum atomic E-state index is 12.6. The van der Waals surface area contributed by atoms with E-state index in [4.69, 9.17) is 0 Å². The minimum Gasteiger partial charge on any atom is -0.338 e. The highest BCUT2D eigenvalue weighted by molar-refractivity contribution is 5.74. The summed E-state index contributed by atoms with van der Waals surface area (Å²) in [6.07, 6.45) is 0.146. The lowest BCUT2D eigenvalue weighted by atomic mass is 9.76. The van der Waals surface area contributed by atoms with Crippen molar-refractivity contribution in [2.45, 2.75) is 50.2 Å². The number of carbonyl (C=O) groups is 1. The van der Waals surface area contributed by atoms with Crippen LogP contribution in [0.4, 0.5) is 18.0 Å². The number of halogens is 3. The summed E-state index contributed by atoms with van der Waals surface area (Å²) in [6.45, 7) is 0.633. The van der Waals surface area contributed by atoms with Crippen molar-refractivity contribution in [2.24, 2.45) is 0 Å². The Morgan fingerprint density at radius 2 is 1.64 bits per heavy atom. The van der Waals surface area contributed by atoms with E-state index in [-0.39, 0.29) is 18.0 Å². The number of unbranched alkanes of at least 4 members (excludes halogenated alkanes) is 1. The first kappa shape index (κ1) is 20.2. The van der Waals surface area contributed by atoms with Crippen molar-refractivity contribution < 1.29 is 18.0 Å². The first-order chi connectivity index (χ1) is 13.4. The lowest BCUT2D eigenvalue weighted by molar-refractivity contribution is -0.137.